The number of nitrogens with zero attached hydrogens (tertiary/aromatic N) is 3. The van der Waals surface area contributed by atoms with E-state index in [0.717, 1.165) is 5.82 Å². The molecule has 1 saturated heterocycles. The standard InChI is InChI=1S/C12H18F3N5O/c1-19-10(9(16)7-17-19)20-5-2-3-8(4-6-20)18-11(21)12(13,14)15/h7-8H,2-6,16H2,1H3,(H,18,21). The fraction of sp³-hybridized carbons (Fsp3) is 0.667. The van der Waals surface area contributed by atoms with Crippen LogP contribution in [0.15, 0.2) is 6.20 Å². The molecular formula is C12H18F3N5O. The number of carbonyl (C=O) groups is 1. The maximum Gasteiger partial charge on any atom is 0.471 e. The molecule has 0 spiro atoms. The first-order valence-corrected chi connectivity index (χ1v) is 6.69. The lowest BCUT2D eigenvalue weighted by Gasteiger charge is -2.23. The molecule has 0 radical (unpaired) electrons. The maximum atomic E-state index is 12.3. The highest BCUT2D eigenvalue weighted by Gasteiger charge is 2.39. The van der Waals surface area contributed by atoms with Gasteiger partial charge in [-0.25, -0.2) is 0 Å². The monoisotopic (exact) mass is 305 g/mol. The number of nitrogen functional groups attached to an aromatic ring is 1. The summed E-state index contributed by atoms with van der Waals surface area (Å²) in [5.41, 5.74) is 6.39. The Morgan fingerprint density at radius 3 is 2.71 bits per heavy atom. The SMILES string of the molecule is Cn1ncc(N)c1N1CCCC(NC(=O)C(F)(F)F)CC1. The smallest absolute Gasteiger partial charge is 0.394 e. The van der Waals surface area contributed by atoms with Crippen molar-refractivity contribution < 1.29 is 18.0 Å². The van der Waals surface area contributed by atoms with Gasteiger partial charge in [0.05, 0.1) is 11.9 Å². The Balaban J connectivity index is 1.98. The van der Waals surface area contributed by atoms with Crippen LogP contribution in [0.25, 0.3) is 0 Å². The minimum atomic E-state index is -4.83. The van der Waals surface area contributed by atoms with Crippen LogP contribution < -0.4 is 16.0 Å². The molecule has 2 heterocycles. The van der Waals surface area contributed by atoms with Crippen LogP contribution in [-0.2, 0) is 11.8 Å². The number of aromatic nitrogens is 2. The number of nitrogens with one attached hydrogen (secondary N) is 1. The second kappa shape index (κ2) is 5.82. The molecule has 0 aromatic carbocycles. The zero-order valence-electron chi connectivity index (χ0n) is 11.7. The highest BCUT2D eigenvalue weighted by Crippen LogP contribution is 2.25. The van der Waals surface area contributed by atoms with E-state index in [0.29, 0.717) is 38.0 Å². The molecule has 1 amide bonds. The van der Waals surface area contributed by atoms with Crippen molar-refractivity contribution in [3.05, 3.63) is 6.20 Å². The van der Waals surface area contributed by atoms with Gasteiger partial charge in [-0.2, -0.15) is 18.3 Å². The molecular weight excluding hydrogens is 287 g/mol. The summed E-state index contributed by atoms with van der Waals surface area (Å²) in [6.45, 7) is 1.19. The minimum absolute atomic E-state index is 0.437. The number of hydrogen-bond donors (Lipinski definition) is 2. The lowest BCUT2D eigenvalue weighted by atomic mass is 10.1. The molecule has 0 bridgehead atoms. The van der Waals surface area contributed by atoms with Crippen molar-refractivity contribution in [3.63, 3.8) is 0 Å². The predicted octanol–water partition coefficient (Wildman–Crippen LogP) is 1.04. The predicted molar refractivity (Wildman–Crippen MR) is 71.7 cm³/mol. The number of rotatable bonds is 2. The Bertz CT molecular complexity index is 494. The number of hydrogen-bond acceptors (Lipinski definition) is 4. The van der Waals surface area contributed by atoms with Gasteiger partial charge in [-0.15, -0.1) is 0 Å². The third kappa shape index (κ3) is 3.59. The average Bonchev–Trinajstić information content (AvgIpc) is 2.61. The van der Waals surface area contributed by atoms with Gasteiger partial charge in [0.15, 0.2) is 0 Å². The summed E-state index contributed by atoms with van der Waals surface area (Å²) in [5, 5.41) is 6.10. The van der Waals surface area contributed by atoms with Gasteiger partial charge < -0.3 is 16.0 Å². The normalized spacial score (nSPS) is 20.2. The van der Waals surface area contributed by atoms with Gasteiger partial charge in [0, 0.05) is 26.2 Å². The second-order valence-corrected chi connectivity index (χ2v) is 5.13. The topological polar surface area (TPSA) is 76.2 Å². The summed E-state index contributed by atoms with van der Waals surface area (Å²) in [4.78, 5) is 13.0. The van der Waals surface area contributed by atoms with Gasteiger partial charge >= 0.3 is 12.1 Å². The summed E-state index contributed by atoms with van der Waals surface area (Å²) in [5.74, 6) is -1.11. The van der Waals surface area contributed by atoms with Crippen LogP contribution in [0.2, 0.25) is 0 Å². The van der Waals surface area contributed by atoms with Crippen LogP contribution >= 0.6 is 0 Å². The van der Waals surface area contributed by atoms with Crippen LogP contribution in [-0.4, -0.2) is 41.0 Å². The highest BCUT2D eigenvalue weighted by molar-refractivity contribution is 5.81. The molecule has 3 N–H and O–H groups in total. The molecule has 1 unspecified atom stereocenters. The van der Waals surface area contributed by atoms with E-state index in [-0.39, 0.29) is 0 Å². The van der Waals surface area contributed by atoms with E-state index >= 15 is 0 Å². The summed E-state index contributed by atoms with van der Waals surface area (Å²) in [6, 6.07) is -0.474. The van der Waals surface area contributed by atoms with Gasteiger partial charge in [0.2, 0.25) is 0 Å². The van der Waals surface area contributed by atoms with Crippen molar-refractivity contribution in [3.8, 4) is 0 Å². The first kappa shape index (κ1) is 15.5. The lowest BCUT2D eigenvalue weighted by Crippen LogP contribution is -2.43. The van der Waals surface area contributed by atoms with E-state index in [1.165, 1.54) is 0 Å². The Morgan fingerprint density at radius 1 is 1.43 bits per heavy atom. The van der Waals surface area contributed by atoms with Crippen LogP contribution in [0.3, 0.4) is 0 Å². The van der Waals surface area contributed by atoms with Gasteiger partial charge in [-0.05, 0) is 19.3 Å². The molecule has 0 saturated carbocycles. The molecule has 118 valence electrons. The van der Waals surface area contributed by atoms with E-state index in [2.05, 4.69) is 5.10 Å². The molecule has 1 atom stereocenters. The van der Waals surface area contributed by atoms with Crippen LogP contribution in [0.5, 0.6) is 0 Å². The fourth-order valence-electron chi connectivity index (χ4n) is 2.56. The van der Waals surface area contributed by atoms with E-state index in [1.807, 2.05) is 10.2 Å². The minimum Gasteiger partial charge on any atom is -0.394 e. The number of amides is 1. The Labute approximate surface area is 120 Å². The van der Waals surface area contributed by atoms with Crippen LogP contribution in [0.1, 0.15) is 19.3 Å². The van der Waals surface area contributed by atoms with Gasteiger partial charge in [-0.1, -0.05) is 0 Å². The van der Waals surface area contributed by atoms with Crippen LogP contribution in [0.4, 0.5) is 24.7 Å². The number of alkyl halides is 3. The van der Waals surface area contributed by atoms with Crippen molar-refractivity contribution in [2.75, 3.05) is 23.7 Å². The van der Waals surface area contributed by atoms with E-state index in [9.17, 15) is 18.0 Å². The van der Waals surface area contributed by atoms with E-state index < -0.39 is 18.1 Å². The maximum absolute atomic E-state index is 12.3. The lowest BCUT2D eigenvalue weighted by molar-refractivity contribution is -0.174. The second-order valence-electron chi connectivity index (χ2n) is 5.13. The van der Waals surface area contributed by atoms with E-state index in [1.54, 1.807) is 17.9 Å². The summed E-state index contributed by atoms with van der Waals surface area (Å²) >= 11 is 0. The molecule has 9 heteroatoms. The van der Waals surface area contributed by atoms with Crippen molar-refractivity contribution in [2.24, 2.45) is 7.05 Å². The van der Waals surface area contributed by atoms with Crippen molar-refractivity contribution in [1.82, 2.24) is 15.1 Å². The fourth-order valence-corrected chi connectivity index (χ4v) is 2.56. The zero-order valence-corrected chi connectivity index (χ0v) is 11.7. The molecule has 1 aromatic rings. The average molecular weight is 305 g/mol. The summed E-state index contributed by atoms with van der Waals surface area (Å²) in [7, 11) is 1.76. The van der Waals surface area contributed by atoms with Crippen molar-refractivity contribution >= 4 is 17.4 Å². The number of halogens is 3. The Kier molecular flexibility index (Phi) is 4.29. The Hall–Kier alpha value is -1.93. The number of aryl methyl sites for hydroxylation is 1. The third-order valence-corrected chi connectivity index (χ3v) is 3.56. The molecule has 1 aliphatic heterocycles. The van der Waals surface area contributed by atoms with Gasteiger partial charge in [-0.3, -0.25) is 9.48 Å². The molecule has 1 aromatic heterocycles. The first-order chi connectivity index (χ1) is 9.79. The Morgan fingerprint density at radius 2 is 2.14 bits per heavy atom. The quantitative estimate of drug-likeness (QED) is 0.856. The van der Waals surface area contributed by atoms with Gasteiger partial charge in [0.25, 0.3) is 0 Å². The molecule has 1 fully saturated rings. The van der Waals surface area contributed by atoms with Crippen molar-refractivity contribution in [1.29, 1.82) is 0 Å². The molecule has 6 nitrogen and oxygen atoms in total. The van der Waals surface area contributed by atoms with Crippen LogP contribution in [0, 0.1) is 0 Å². The molecule has 0 aliphatic carbocycles. The highest BCUT2D eigenvalue weighted by atomic mass is 19.4. The molecule has 21 heavy (non-hydrogen) atoms. The summed E-state index contributed by atoms with van der Waals surface area (Å²) < 4.78 is 38.4. The third-order valence-electron chi connectivity index (χ3n) is 3.56. The zero-order chi connectivity index (χ0) is 15.6. The largest absolute Gasteiger partial charge is 0.471 e. The summed E-state index contributed by atoms with van der Waals surface area (Å²) in [6.07, 6.45) is -1.67. The van der Waals surface area contributed by atoms with Gasteiger partial charge in [0.1, 0.15) is 5.82 Å². The number of anilines is 2. The van der Waals surface area contributed by atoms with E-state index in [4.69, 9.17) is 5.73 Å². The first-order valence-electron chi connectivity index (χ1n) is 6.69. The number of nitrogens with two attached hydrogens (primary N) is 1. The van der Waals surface area contributed by atoms with Crippen molar-refractivity contribution in [2.45, 2.75) is 31.5 Å². The molecule has 2 rings (SSSR count). The number of carbonyl (C=O) groups excluding carboxylic acids is 1. The molecule has 1 aliphatic rings.